The molecule has 2 rings (SSSR count). The summed E-state index contributed by atoms with van der Waals surface area (Å²) in [4.78, 5) is 23.5. The van der Waals surface area contributed by atoms with Crippen LogP contribution in [0.1, 0.15) is 25.8 Å². The summed E-state index contributed by atoms with van der Waals surface area (Å²) in [6.07, 6.45) is 1.62. The van der Waals surface area contributed by atoms with Gasteiger partial charge in [0.1, 0.15) is 6.04 Å². The molecule has 0 fully saturated rings. The molecule has 2 amide bonds. The lowest BCUT2D eigenvalue weighted by Gasteiger charge is -2.26. The van der Waals surface area contributed by atoms with Crippen molar-refractivity contribution < 1.29 is 9.59 Å². The van der Waals surface area contributed by atoms with E-state index in [0.29, 0.717) is 0 Å². The molecule has 1 atom stereocenters. The predicted octanol–water partition coefficient (Wildman–Crippen LogP) is 1.05. The van der Waals surface area contributed by atoms with E-state index >= 15 is 0 Å². The Labute approximate surface area is 119 Å². The molecule has 5 nitrogen and oxygen atoms in total. The Balaban J connectivity index is 1.84. The number of amides is 2. The standard InChI is InChI=1S/C15H21N3O2/c1-10(2)17-14(19)9-16-15(20)13-8-7-11-5-3-4-6-12(11)18-13/h3-6,10,13,18H,7-9H2,1-2H3,(H,16,20)(H,17,19). The Morgan fingerprint density at radius 2 is 2.10 bits per heavy atom. The highest BCUT2D eigenvalue weighted by molar-refractivity contribution is 5.89. The molecule has 1 aliphatic rings. The van der Waals surface area contributed by atoms with E-state index in [1.165, 1.54) is 5.56 Å². The first kappa shape index (κ1) is 14.4. The number of hydrogen-bond donors (Lipinski definition) is 3. The molecule has 1 heterocycles. The summed E-state index contributed by atoms with van der Waals surface area (Å²) in [7, 11) is 0. The van der Waals surface area contributed by atoms with Gasteiger partial charge in [-0.15, -0.1) is 0 Å². The van der Waals surface area contributed by atoms with Gasteiger partial charge in [-0.3, -0.25) is 9.59 Å². The highest BCUT2D eigenvalue weighted by atomic mass is 16.2. The Morgan fingerprint density at radius 1 is 1.35 bits per heavy atom. The number of aryl methyl sites for hydroxylation is 1. The molecule has 1 aliphatic heterocycles. The molecule has 0 bridgehead atoms. The van der Waals surface area contributed by atoms with E-state index in [-0.39, 0.29) is 30.4 Å². The van der Waals surface area contributed by atoms with Crippen LogP contribution in [0.15, 0.2) is 24.3 Å². The third-order valence-corrected chi connectivity index (χ3v) is 3.24. The fraction of sp³-hybridized carbons (Fsp3) is 0.467. The maximum atomic E-state index is 12.0. The summed E-state index contributed by atoms with van der Waals surface area (Å²) in [5.74, 6) is -0.289. The molecule has 0 spiro atoms. The van der Waals surface area contributed by atoms with E-state index < -0.39 is 0 Å². The first-order valence-electron chi connectivity index (χ1n) is 6.98. The van der Waals surface area contributed by atoms with Gasteiger partial charge in [0.2, 0.25) is 11.8 Å². The smallest absolute Gasteiger partial charge is 0.242 e. The quantitative estimate of drug-likeness (QED) is 0.769. The van der Waals surface area contributed by atoms with Crippen molar-refractivity contribution >= 4 is 17.5 Å². The predicted molar refractivity (Wildman–Crippen MR) is 78.5 cm³/mol. The van der Waals surface area contributed by atoms with E-state index in [4.69, 9.17) is 0 Å². The summed E-state index contributed by atoms with van der Waals surface area (Å²) >= 11 is 0. The second kappa shape index (κ2) is 6.41. The maximum Gasteiger partial charge on any atom is 0.242 e. The van der Waals surface area contributed by atoms with Crippen molar-refractivity contribution in [3.8, 4) is 0 Å². The van der Waals surface area contributed by atoms with Crippen LogP contribution in [0.5, 0.6) is 0 Å². The first-order valence-corrected chi connectivity index (χ1v) is 6.98. The number of benzene rings is 1. The Hall–Kier alpha value is -2.04. The van der Waals surface area contributed by atoms with E-state index in [1.807, 2.05) is 32.0 Å². The van der Waals surface area contributed by atoms with E-state index in [2.05, 4.69) is 22.0 Å². The van der Waals surface area contributed by atoms with Gasteiger partial charge >= 0.3 is 0 Å². The normalized spacial score (nSPS) is 17.1. The third kappa shape index (κ3) is 3.73. The molecule has 0 radical (unpaired) electrons. The van der Waals surface area contributed by atoms with Crippen molar-refractivity contribution in [3.63, 3.8) is 0 Å². The van der Waals surface area contributed by atoms with Crippen LogP contribution in [0.25, 0.3) is 0 Å². The zero-order valence-corrected chi connectivity index (χ0v) is 11.9. The lowest BCUT2D eigenvalue weighted by Crippen LogP contribution is -2.46. The van der Waals surface area contributed by atoms with Crippen molar-refractivity contribution in [2.45, 2.75) is 38.8 Å². The van der Waals surface area contributed by atoms with Crippen LogP contribution in [0.2, 0.25) is 0 Å². The summed E-state index contributed by atoms with van der Waals surface area (Å²) in [5, 5.41) is 8.63. The van der Waals surface area contributed by atoms with Gasteiger partial charge in [0, 0.05) is 11.7 Å². The number of carbonyl (C=O) groups excluding carboxylic acids is 2. The van der Waals surface area contributed by atoms with Gasteiger partial charge in [-0.2, -0.15) is 0 Å². The Morgan fingerprint density at radius 3 is 2.85 bits per heavy atom. The molecule has 1 aromatic rings. The molecule has 0 saturated heterocycles. The molecule has 1 aromatic carbocycles. The van der Waals surface area contributed by atoms with Crippen LogP contribution in [-0.2, 0) is 16.0 Å². The summed E-state index contributed by atoms with van der Waals surface area (Å²) in [5.41, 5.74) is 2.24. The van der Waals surface area contributed by atoms with E-state index in [9.17, 15) is 9.59 Å². The average molecular weight is 275 g/mol. The topological polar surface area (TPSA) is 70.2 Å². The molecular formula is C15H21N3O2. The Bertz CT molecular complexity index is 500. The molecule has 5 heteroatoms. The van der Waals surface area contributed by atoms with Gasteiger partial charge < -0.3 is 16.0 Å². The zero-order chi connectivity index (χ0) is 14.5. The minimum absolute atomic E-state index is 0.0246. The first-order chi connectivity index (χ1) is 9.56. The van der Waals surface area contributed by atoms with Crippen molar-refractivity contribution in [2.24, 2.45) is 0 Å². The number of rotatable bonds is 4. The van der Waals surface area contributed by atoms with Gasteiger partial charge in [-0.25, -0.2) is 0 Å². The van der Waals surface area contributed by atoms with Crippen molar-refractivity contribution in [3.05, 3.63) is 29.8 Å². The molecule has 20 heavy (non-hydrogen) atoms. The minimum Gasteiger partial charge on any atom is -0.373 e. The second-order valence-electron chi connectivity index (χ2n) is 5.33. The lowest BCUT2D eigenvalue weighted by molar-refractivity contribution is -0.126. The van der Waals surface area contributed by atoms with Gasteiger partial charge in [0.25, 0.3) is 0 Å². The monoisotopic (exact) mass is 275 g/mol. The third-order valence-electron chi connectivity index (χ3n) is 3.24. The van der Waals surface area contributed by atoms with Crippen molar-refractivity contribution in [2.75, 3.05) is 11.9 Å². The van der Waals surface area contributed by atoms with Gasteiger partial charge in [-0.05, 0) is 38.3 Å². The molecule has 3 N–H and O–H groups in total. The van der Waals surface area contributed by atoms with Crippen molar-refractivity contribution in [1.29, 1.82) is 0 Å². The highest BCUT2D eigenvalue weighted by Gasteiger charge is 2.23. The Kier molecular flexibility index (Phi) is 4.61. The van der Waals surface area contributed by atoms with Crippen LogP contribution >= 0.6 is 0 Å². The highest BCUT2D eigenvalue weighted by Crippen LogP contribution is 2.24. The fourth-order valence-electron chi connectivity index (χ4n) is 2.30. The number of para-hydroxylation sites is 1. The maximum absolute atomic E-state index is 12.0. The average Bonchev–Trinajstić information content (AvgIpc) is 2.43. The number of carbonyl (C=O) groups is 2. The fourth-order valence-corrected chi connectivity index (χ4v) is 2.30. The van der Waals surface area contributed by atoms with Gasteiger partial charge in [0.15, 0.2) is 0 Å². The van der Waals surface area contributed by atoms with Crippen LogP contribution in [0, 0.1) is 0 Å². The number of nitrogens with one attached hydrogen (secondary N) is 3. The largest absolute Gasteiger partial charge is 0.373 e. The van der Waals surface area contributed by atoms with Crippen LogP contribution < -0.4 is 16.0 Å². The SMILES string of the molecule is CC(C)NC(=O)CNC(=O)C1CCc2ccccc2N1. The molecule has 0 saturated carbocycles. The van der Waals surface area contributed by atoms with Crippen molar-refractivity contribution in [1.82, 2.24) is 10.6 Å². The number of anilines is 1. The van der Waals surface area contributed by atoms with Gasteiger partial charge in [0.05, 0.1) is 6.54 Å². The molecular weight excluding hydrogens is 254 g/mol. The van der Waals surface area contributed by atoms with Gasteiger partial charge in [-0.1, -0.05) is 18.2 Å². The van der Waals surface area contributed by atoms with Crippen LogP contribution in [0.4, 0.5) is 5.69 Å². The second-order valence-corrected chi connectivity index (χ2v) is 5.33. The summed E-state index contributed by atoms with van der Waals surface area (Å²) in [6.45, 7) is 3.80. The van der Waals surface area contributed by atoms with Crippen LogP contribution in [0.3, 0.4) is 0 Å². The number of hydrogen-bond acceptors (Lipinski definition) is 3. The van der Waals surface area contributed by atoms with E-state index in [1.54, 1.807) is 0 Å². The molecule has 0 aromatic heterocycles. The molecule has 0 aliphatic carbocycles. The molecule has 108 valence electrons. The zero-order valence-electron chi connectivity index (χ0n) is 11.9. The molecule has 1 unspecified atom stereocenters. The minimum atomic E-state index is -0.267. The van der Waals surface area contributed by atoms with E-state index in [0.717, 1.165) is 18.5 Å². The number of fused-ring (bicyclic) bond motifs is 1. The summed E-state index contributed by atoms with van der Waals surface area (Å²) in [6, 6.07) is 7.79. The summed E-state index contributed by atoms with van der Waals surface area (Å²) < 4.78 is 0. The van der Waals surface area contributed by atoms with Crippen LogP contribution in [-0.4, -0.2) is 30.4 Å². The lowest BCUT2D eigenvalue weighted by atomic mass is 9.98.